The summed E-state index contributed by atoms with van der Waals surface area (Å²) >= 11 is 4.74. The Labute approximate surface area is 110 Å². The molecule has 3 rings (SSSR count). The highest BCUT2D eigenvalue weighted by molar-refractivity contribution is 9.10. The van der Waals surface area contributed by atoms with Gasteiger partial charge in [0.1, 0.15) is 4.60 Å². The second-order valence-electron chi connectivity index (χ2n) is 3.48. The van der Waals surface area contributed by atoms with Crippen molar-refractivity contribution in [2.75, 3.05) is 5.32 Å². The van der Waals surface area contributed by atoms with E-state index in [1.807, 2.05) is 17.5 Å². The number of hydrogen-bond acceptors (Lipinski definition) is 4. The third-order valence-corrected chi connectivity index (χ3v) is 3.71. The van der Waals surface area contributed by atoms with Gasteiger partial charge in [-0.15, -0.1) is 11.3 Å². The van der Waals surface area contributed by atoms with E-state index in [1.165, 1.54) is 11.3 Å². The van der Waals surface area contributed by atoms with Crippen molar-refractivity contribution in [2.24, 2.45) is 0 Å². The molecule has 2 aromatic rings. The molecule has 17 heavy (non-hydrogen) atoms. The second-order valence-corrected chi connectivity index (χ2v) is 5.28. The first-order valence-corrected chi connectivity index (χ1v) is 6.59. The van der Waals surface area contributed by atoms with Gasteiger partial charge in [-0.05, 0) is 39.5 Å². The summed E-state index contributed by atoms with van der Waals surface area (Å²) in [6, 6.07) is 7.34. The van der Waals surface area contributed by atoms with Crippen molar-refractivity contribution in [3.05, 3.63) is 39.1 Å². The third-order valence-electron chi connectivity index (χ3n) is 2.35. The lowest BCUT2D eigenvalue weighted by Gasteiger charge is -2.24. The van der Waals surface area contributed by atoms with Crippen molar-refractivity contribution in [2.45, 2.75) is 6.10 Å². The number of fused-ring (bicyclic) bond motifs is 1. The summed E-state index contributed by atoms with van der Waals surface area (Å²) in [5.41, 5.74) is 0. The van der Waals surface area contributed by atoms with Crippen LogP contribution in [0.1, 0.15) is 11.0 Å². The van der Waals surface area contributed by atoms with Crippen molar-refractivity contribution >= 4 is 39.0 Å². The molecule has 0 spiro atoms. The van der Waals surface area contributed by atoms with E-state index >= 15 is 0 Å². The lowest BCUT2D eigenvalue weighted by molar-refractivity contribution is -0.123. The van der Waals surface area contributed by atoms with Gasteiger partial charge in [0.2, 0.25) is 6.10 Å². The van der Waals surface area contributed by atoms with Crippen molar-refractivity contribution in [3.63, 3.8) is 0 Å². The summed E-state index contributed by atoms with van der Waals surface area (Å²) < 4.78 is 6.32. The molecule has 1 unspecified atom stereocenters. The molecule has 1 atom stereocenters. The smallest absolute Gasteiger partial charge is 0.272 e. The Balaban J connectivity index is 1.98. The number of aromatic nitrogens is 1. The average Bonchev–Trinajstić information content (AvgIpc) is 2.81. The van der Waals surface area contributed by atoms with E-state index in [1.54, 1.807) is 12.1 Å². The minimum atomic E-state index is -0.578. The van der Waals surface area contributed by atoms with Crippen LogP contribution in [0.25, 0.3) is 0 Å². The molecule has 2 aromatic heterocycles. The molecule has 4 nitrogen and oxygen atoms in total. The lowest BCUT2D eigenvalue weighted by Crippen LogP contribution is -2.30. The average molecular weight is 311 g/mol. The van der Waals surface area contributed by atoms with Crippen LogP contribution >= 0.6 is 27.3 Å². The van der Waals surface area contributed by atoms with Gasteiger partial charge in [0.15, 0.2) is 11.6 Å². The van der Waals surface area contributed by atoms with Crippen molar-refractivity contribution in [3.8, 4) is 5.75 Å². The monoisotopic (exact) mass is 310 g/mol. The number of carbonyl (C=O) groups excluding carboxylic acids is 1. The van der Waals surface area contributed by atoms with E-state index in [0.717, 1.165) is 4.88 Å². The molecule has 0 aromatic carbocycles. The number of hydrogen-bond donors (Lipinski definition) is 1. The van der Waals surface area contributed by atoms with E-state index in [4.69, 9.17) is 4.74 Å². The summed E-state index contributed by atoms with van der Waals surface area (Å²) in [5, 5.41) is 4.66. The first kappa shape index (κ1) is 10.7. The predicted molar refractivity (Wildman–Crippen MR) is 68.3 cm³/mol. The Morgan fingerprint density at radius 3 is 3.06 bits per heavy atom. The first-order valence-electron chi connectivity index (χ1n) is 4.91. The summed E-state index contributed by atoms with van der Waals surface area (Å²) in [7, 11) is 0. The zero-order valence-electron chi connectivity index (χ0n) is 8.51. The fraction of sp³-hybridized carbons (Fsp3) is 0.0909. The Morgan fingerprint density at radius 1 is 1.41 bits per heavy atom. The largest absolute Gasteiger partial charge is 0.471 e. The molecule has 86 valence electrons. The van der Waals surface area contributed by atoms with Crippen LogP contribution in [0.4, 0.5) is 5.82 Å². The maximum Gasteiger partial charge on any atom is 0.272 e. The van der Waals surface area contributed by atoms with Crippen molar-refractivity contribution < 1.29 is 9.53 Å². The Hall–Kier alpha value is -1.40. The number of ether oxygens (including phenoxy) is 1. The number of carbonyl (C=O) groups is 1. The van der Waals surface area contributed by atoms with E-state index in [0.29, 0.717) is 16.2 Å². The third kappa shape index (κ3) is 1.94. The van der Waals surface area contributed by atoms with Gasteiger partial charge in [-0.25, -0.2) is 4.98 Å². The molecule has 1 amide bonds. The van der Waals surface area contributed by atoms with Gasteiger partial charge in [0.25, 0.3) is 5.91 Å². The molecule has 3 heterocycles. The van der Waals surface area contributed by atoms with Crippen LogP contribution in [0.5, 0.6) is 5.75 Å². The van der Waals surface area contributed by atoms with E-state index in [2.05, 4.69) is 26.2 Å². The van der Waals surface area contributed by atoms with Crippen LogP contribution < -0.4 is 10.1 Å². The lowest BCUT2D eigenvalue weighted by atomic mass is 10.2. The Kier molecular flexibility index (Phi) is 2.60. The highest BCUT2D eigenvalue weighted by Crippen LogP contribution is 2.35. The maximum atomic E-state index is 11.9. The SMILES string of the molecule is O=C1Nc2nc(Br)ccc2OC1c1cccs1. The second kappa shape index (κ2) is 4.12. The molecule has 1 N–H and O–H groups in total. The van der Waals surface area contributed by atoms with Crippen LogP contribution in [0, 0.1) is 0 Å². The number of anilines is 1. The molecule has 0 aliphatic carbocycles. The molecular formula is C11H7BrN2O2S. The Morgan fingerprint density at radius 2 is 2.29 bits per heavy atom. The maximum absolute atomic E-state index is 11.9. The van der Waals surface area contributed by atoms with Gasteiger partial charge in [0, 0.05) is 0 Å². The fourth-order valence-corrected chi connectivity index (χ4v) is 2.66. The molecule has 1 aliphatic heterocycles. The highest BCUT2D eigenvalue weighted by Gasteiger charge is 2.30. The number of nitrogens with one attached hydrogen (secondary N) is 1. The topological polar surface area (TPSA) is 51.2 Å². The summed E-state index contributed by atoms with van der Waals surface area (Å²) in [4.78, 5) is 16.9. The van der Waals surface area contributed by atoms with Gasteiger partial charge >= 0.3 is 0 Å². The van der Waals surface area contributed by atoms with E-state index < -0.39 is 6.10 Å². The molecule has 0 bridgehead atoms. The normalized spacial score (nSPS) is 18.2. The highest BCUT2D eigenvalue weighted by atomic mass is 79.9. The van der Waals surface area contributed by atoms with Crippen LogP contribution in [-0.2, 0) is 4.79 Å². The zero-order valence-corrected chi connectivity index (χ0v) is 10.9. The Bertz CT molecular complexity index is 571. The molecule has 6 heteroatoms. The number of amides is 1. The summed E-state index contributed by atoms with van der Waals surface area (Å²) in [5.74, 6) is 0.855. The molecule has 0 saturated carbocycles. The number of halogens is 1. The van der Waals surface area contributed by atoms with Crippen molar-refractivity contribution in [1.29, 1.82) is 0 Å². The standard InChI is InChI=1S/C11H7BrN2O2S/c12-8-4-3-6-10(13-8)14-11(15)9(16-6)7-2-1-5-17-7/h1-5,9H,(H,13,14,15). The van der Waals surface area contributed by atoms with Crippen LogP contribution in [0.2, 0.25) is 0 Å². The molecular weight excluding hydrogens is 304 g/mol. The van der Waals surface area contributed by atoms with E-state index in [9.17, 15) is 4.79 Å². The number of pyridine rings is 1. The molecule has 0 saturated heterocycles. The van der Waals surface area contributed by atoms with Gasteiger partial charge in [-0.2, -0.15) is 0 Å². The minimum absolute atomic E-state index is 0.189. The molecule has 0 fully saturated rings. The van der Waals surface area contributed by atoms with Gasteiger partial charge < -0.3 is 10.1 Å². The summed E-state index contributed by atoms with van der Waals surface area (Å²) in [6.07, 6.45) is -0.578. The minimum Gasteiger partial charge on any atom is -0.471 e. The molecule has 0 radical (unpaired) electrons. The first-order chi connectivity index (χ1) is 8.24. The predicted octanol–water partition coefficient (Wildman–Crippen LogP) is 2.98. The van der Waals surface area contributed by atoms with Gasteiger partial charge in [-0.3, -0.25) is 4.79 Å². The van der Waals surface area contributed by atoms with Crippen molar-refractivity contribution in [1.82, 2.24) is 4.98 Å². The van der Waals surface area contributed by atoms with Crippen LogP contribution in [0.3, 0.4) is 0 Å². The fourth-order valence-electron chi connectivity index (χ4n) is 1.60. The number of nitrogens with zero attached hydrogens (tertiary/aromatic N) is 1. The number of thiophene rings is 1. The number of rotatable bonds is 1. The van der Waals surface area contributed by atoms with Gasteiger partial charge in [-0.1, -0.05) is 6.07 Å². The van der Waals surface area contributed by atoms with Crippen LogP contribution in [0.15, 0.2) is 34.2 Å². The van der Waals surface area contributed by atoms with E-state index in [-0.39, 0.29) is 5.91 Å². The summed E-state index contributed by atoms with van der Waals surface area (Å²) in [6.45, 7) is 0. The van der Waals surface area contributed by atoms with Gasteiger partial charge in [0.05, 0.1) is 4.88 Å². The quantitative estimate of drug-likeness (QED) is 0.824. The van der Waals surface area contributed by atoms with Crippen LogP contribution in [-0.4, -0.2) is 10.9 Å². The molecule has 1 aliphatic rings. The zero-order chi connectivity index (χ0) is 11.8.